The van der Waals surface area contributed by atoms with Crippen molar-refractivity contribution in [3.8, 4) is 11.5 Å². The molecule has 12 heteroatoms. The molecular formula is C24H22ClF3N2O5S. The molecule has 3 aromatic carbocycles. The van der Waals surface area contributed by atoms with E-state index in [0.29, 0.717) is 10.6 Å². The molecule has 0 aliphatic carbocycles. The highest BCUT2D eigenvalue weighted by atomic mass is 35.5. The Morgan fingerprint density at radius 2 is 1.58 bits per heavy atom. The van der Waals surface area contributed by atoms with E-state index in [1.165, 1.54) is 38.5 Å². The van der Waals surface area contributed by atoms with E-state index in [0.717, 1.165) is 22.7 Å². The van der Waals surface area contributed by atoms with Gasteiger partial charge in [-0.05, 0) is 35.9 Å². The normalized spacial score (nSPS) is 11.6. The second kappa shape index (κ2) is 10.7. The van der Waals surface area contributed by atoms with E-state index < -0.39 is 33.4 Å². The molecule has 3 rings (SSSR count). The van der Waals surface area contributed by atoms with Gasteiger partial charge in [-0.25, -0.2) is 8.42 Å². The molecule has 0 bridgehead atoms. The van der Waals surface area contributed by atoms with Crippen LogP contribution in [0.1, 0.15) is 21.5 Å². The molecule has 7 nitrogen and oxygen atoms in total. The number of alkyl halides is 3. The summed E-state index contributed by atoms with van der Waals surface area (Å²) in [6.07, 6.45) is -3.78. The van der Waals surface area contributed by atoms with Gasteiger partial charge in [0.05, 0.1) is 49.5 Å². The van der Waals surface area contributed by atoms with E-state index in [1.54, 1.807) is 24.3 Å². The highest BCUT2D eigenvalue weighted by molar-refractivity contribution is 7.92. The molecule has 0 spiro atoms. The van der Waals surface area contributed by atoms with Gasteiger partial charge in [-0.3, -0.25) is 9.10 Å². The summed E-state index contributed by atoms with van der Waals surface area (Å²) < 4.78 is 77.5. The van der Waals surface area contributed by atoms with Gasteiger partial charge in [-0.2, -0.15) is 13.2 Å². The van der Waals surface area contributed by atoms with Gasteiger partial charge >= 0.3 is 6.18 Å². The molecule has 0 radical (unpaired) electrons. The summed E-state index contributed by atoms with van der Waals surface area (Å²) in [6, 6.07) is 13.3. The maximum Gasteiger partial charge on any atom is 0.418 e. The van der Waals surface area contributed by atoms with Crippen molar-refractivity contribution in [2.45, 2.75) is 12.7 Å². The summed E-state index contributed by atoms with van der Waals surface area (Å²) in [4.78, 5) is 13.3. The molecule has 36 heavy (non-hydrogen) atoms. The highest BCUT2D eigenvalue weighted by Crippen LogP contribution is 2.39. The first-order valence-electron chi connectivity index (χ1n) is 10.3. The third kappa shape index (κ3) is 6.21. The Bertz CT molecular complexity index is 1360. The fraction of sp³-hybridized carbons (Fsp3) is 0.208. The number of sulfonamides is 1. The van der Waals surface area contributed by atoms with Crippen LogP contribution < -0.4 is 19.1 Å². The number of hydrogen-bond donors (Lipinski definition) is 1. The summed E-state index contributed by atoms with van der Waals surface area (Å²) in [5.41, 5.74) is -1.36. The molecule has 0 unspecified atom stereocenters. The zero-order valence-corrected chi connectivity index (χ0v) is 21.0. The maximum absolute atomic E-state index is 13.5. The smallest absolute Gasteiger partial charge is 0.418 e. The monoisotopic (exact) mass is 542 g/mol. The molecular weight excluding hydrogens is 521 g/mol. The van der Waals surface area contributed by atoms with Gasteiger partial charge in [-0.1, -0.05) is 35.9 Å². The van der Waals surface area contributed by atoms with Crippen molar-refractivity contribution >= 4 is 38.9 Å². The van der Waals surface area contributed by atoms with Crippen LogP contribution >= 0.6 is 11.6 Å². The second-order valence-electron chi connectivity index (χ2n) is 7.62. The number of rotatable bonds is 8. The van der Waals surface area contributed by atoms with Crippen molar-refractivity contribution in [3.63, 3.8) is 0 Å². The number of benzene rings is 3. The Labute approximate surface area is 211 Å². The Kier molecular flexibility index (Phi) is 8.05. The molecule has 3 aromatic rings. The molecule has 192 valence electrons. The number of methoxy groups -OCH3 is 2. The second-order valence-corrected chi connectivity index (χ2v) is 9.96. The third-order valence-electron chi connectivity index (χ3n) is 5.14. The number of carbonyl (C=O) groups excluding carboxylic acids is 1. The van der Waals surface area contributed by atoms with Gasteiger partial charge in [-0.15, -0.1) is 0 Å². The number of amides is 1. The Morgan fingerprint density at radius 1 is 1.00 bits per heavy atom. The number of anilines is 2. The minimum atomic E-state index is -4.72. The number of ether oxygens (including phenoxy) is 2. The first-order valence-corrected chi connectivity index (χ1v) is 12.5. The maximum atomic E-state index is 13.5. The van der Waals surface area contributed by atoms with Crippen LogP contribution in [0, 0.1) is 0 Å². The zero-order chi connectivity index (χ0) is 26.7. The summed E-state index contributed by atoms with van der Waals surface area (Å²) in [6.45, 7) is -0.190. The van der Waals surface area contributed by atoms with Crippen molar-refractivity contribution in [2.75, 3.05) is 30.1 Å². The van der Waals surface area contributed by atoms with Crippen LogP contribution in [0.2, 0.25) is 5.02 Å². The first kappa shape index (κ1) is 27.2. The van der Waals surface area contributed by atoms with Crippen LogP contribution in [0.15, 0.2) is 60.7 Å². The van der Waals surface area contributed by atoms with E-state index in [1.807, 2.05) is 0 Å². The van der Waals surface area contributed by atoms with E-state index in [-0.39, 0.29) is 29.3 Å². The van der Waals surface area contributed by atoms with E-state index in [9.17, 15) is 26.4 Å². The van der Waals surface area contributed by atoms with Crippen molar-refractivity contribution in [3.05, 3.63) is 82.4 Å². The molecule has 1 amide bonds. The van der Waals surface area contributed by atoms with Crippen molar-refractivity contribution < 1.29 is 35.9 Å². The van der Waals surface area contributed by atoms with Crippen molar-refractivity contribution in [1.29, 1.82) is 0 Å². The lowest BCUT2D eigenvalue weighted by Crippen LogP contribution is -2.31. The molecule has 0 heterocycles. The van der Waals surface area contributed by atoms with E-state index in [4.69, 9.17) is 21.1 Å². The molecule has 0 aliphatic rings. The predicted molar refractivity (Wildman–Crippen MR) is 131 cm³/mol. The number of para-hydroxylation sites is 1. The topological polar surface area (TPSA) is 84.9 Å². The number of hydrogen-bond acceptors (Lipinski definition) is 5. The third-order valence-corrected chi connectivity index (χ3v) is 6.51. The van der Waals surface area contributed by atoms with Crippen LogP contribution in [-0.2, 0) is 22.7 Å². The minimum absolute atomic E-state index is 0.0791. The molecule has 0 saturated heterocycles. The van der Waals surface area contributed by atoms with Gasteiger partial charge in [0.25, 0.3) is 5.91 Å². The van der Waals surface area contributed by atoms with E-state index in [2.05, 4.69) is 5.32 Å². The van der Waals surface area contributed by atoms with Gasteiger partial charge in [0.1, 0.15) is 0 Å². The lowest BCUT2D eigenvalue weighted by molar-refractivity contribution is -0.136. The molecule has 0 aromatic heterocycles. The van der Waals surface area contributed by atoms with Crippen LogP contribution in [0.25, 0.3) is 0 Å². The number of carbonyl (C=O) groups is 1. The SMILES string of the molecule is COc1cc(C(=O)Nc2ccccc2C(F)(F)F)c(N(Cc2ccc(Cl)cc2)S(C)(=O)=O)cc1OC. The van der Waals surface area contributed by atoms with Crippen LogP contribution in [-0.4, -0.2) is 34.8 Å². The number of nitrogens with zero attached hydrogens (tertiary/aromatic N) is 1. The molecule has 0 atom stereocenters. The number of nitrogens with one attached hydrogen (secondary N) is 1. The van der Waals surface area contributed by atoms with Crippen LogP contribution in [0.4, 0.5) is 24.5 Å². The quantitative estimate of drug-likeness (QED) is 0.401. The predicted octanol–water partition coefficient (Wildman–Crippen LogP) is 5.59. The molecule has 0 saturated carbocycles. The molecule has 0 aliphatic heterocycles. The minimum Gasteiger partial charge on any atom is -0.493 e. The highest BCUT2D eigenvalue weighted by Gasteiger charge is 2.34. The van der Waals surface area contributed by atoms with Crippen molar-refractivity contribution in [2.24, 2.45) is 0 Å². The van der Waals surface area contributed by atoms with Gasteiger partial charge in [0.2, 0.25) is 10.0 Å². The summed E-state index contributed by atoms with van der Waals surface area (Å²) in [5, 5.41) is 2.69. The lowest BCUT2D eigenvalue weighted by Gasteiger charge is -2.26. The van der Waals surface area contributed by atoms with Gasteiger partial charge < -0.3 is 14.8 Å². The van der Waals surface area contributed by atoms with E-state index >= 15 is 0 Å². The summed E-state index contributed by atoms with van der Waals surface area (Å²) in [7, 11) is -1.36. The fourth-order valence-corrected chi connectivity index (χ4v) is 4.44. The fourth-order valence-electron chi connectivity index (χ4n) is 3.42. The zero-order valence-electron chi connectivity index (χ0n) is 19.4. The van der Waals surface area contributed by atoms with Gasteiger partial charge in [0, 0.05) is 11.1 Å². The standard InChI is InChI=1S/C24H22ClF3N2O5S/c1-34-21-12-17(23(31)29-19-7-5-4-6-18(19)24(26,27)28)20(13-22(21)35-2)30(36(3,32)33)14-15-8-10-16(25)11-9-15/h4-13H,14H2,1-3H3,(H,29,31). The summed E-state index contributed by atoms with van der Waals surface area (Å²) >= 11 is 5.92. The Morgan fingerprint density at radius 3 is 2.14 bits per heavy atom. The largest absolute Gasteiger partial charge is 0.493 e. The first-order chi connectivity index (χ1) is 16.8. The van der Waals surface area contributed by atoms with Gasteiger partial charge in [0.15, 0.2) is 11.5 Å². The summed E-state index contributed by atoms with van der Waals surface area (Å²) in [5.74, 6) is -0.785. The van der Waals surface area contributed by atoms with Crippen LogP contribution in [0.3, 0.4) is 0 Å². The van der Waals surface area contributed by atoms with Crippen molar-refractivity contribution in [1.82, 2.24) is 0 Å². The Hall–Kier alpha value is -3.44. The Balaban J connectivity index is 2.16. The van der Waals surface area contributed by atoms with Crippen LogP contribution in [0.5, 0.6) is 11.5 Å². The average molecular weight is 543 g/mol. The molecule has 0 fully saturated rings. The lowest BCUT2D eigenvalue weighted by atomic mass is 10.1. The average Bonchev–Trinajstić information content (AvgIpc) is 2.81. The number of halogens is 4. The molecule has 1 N–H and O–H groups in total.